The highest BCUT2D eigenvalue weighted by Crippen LogP contribution is 2.21. The Morgan fingerprint density at radius 3 is 2.39 bits per heavy atom. The Bertz CT molecular complexity index is 525. The first kappa shape index (κ1) is 12.8. The van der Waals surface area contributed by atoms with E-state index in [4.69, 9.17) is 0 Å². The van der Waals surface area contributed by atoms with Crippen LogP contribution in [0, 0.1) is 13.8 Å². The molecule has 0 atom stereocenters. The van der Waals surface area contributed by atoms with Crippen molar-refractivity contribution in [2.45, 2.75) is 20.8 Å². The summed E-state index contributed by atoms with van der Waals surface area (Å²) in [6.07, 6.45) is 0. The second-order valence-corrected chi connectivity index (χ2v) is 5.19. The Morgan fingerprint density at radius 2 is 1.89 bits per heavy atom. The normalized spacial score (nSPS) is 10.4. The van der Waals surface area contributed by atoms with Gasteiger partial charge in [0.2, 0.25) is 0 Å². The average molecular weight is 259 g/mol. The third-order valence-electron chi connectivity index (χ3n) is 2.85. The highest BCUT2D eigenvalue weighted by molar-refractivity contribution is 7.08. The predicted molar refractivity (Wildman–Crippen MR) is 77.6 cm³/mol. The van der Waals surface area contributed by atoms with Gasteiger partial charge >= 0.3 is 0 Å². The summed E-state index contributed by atoms with van der Waals surface area (Å²) in [7, 11) is 0. The Labute approximate surface area is 112 Å². The van der Waals surface area contributed by atoms with E-state index in [2.05, 4.69) is 32.0 Å². The summed E-state index contributed by atoms with van der Waals surface area (Å²) in [5.74, 6) is 0.0729. The van der Waals surface area contributed by atoms with Crippen LogP contribution in [-0.2, 0) is 0 Å². The lowest BCUT2D eigenvalue weighted by Gasteiger charge is -2.21. The van der Waals surface area contributed by atoms with Gasteiger partial charge in [-0.3, -0.25) is 4.79 Å². The molecule has 0 N–H and O–H groups in total. The molecule has 94 valence electrons. The molecule has 2 aromatic rings. The van der Waals surface area contributed by atoms with Crippen molar-refractivity contribution in [3.63, 3.8) is 0 Å². The first-order valence-corrected chi connectivity index (χ1v) is 6.98. The monoisotopic (exact) mass is 259 g/mol. The number of aryl methyl sites for hydroxylation is 2. The van der Waals surface area contributed by atoms with Gasteiger partial charge in [0.1, 0.15) is 0 Å². The molecule has 0 radical (unpaired) electrons. The highest BCUT2D eigenvalue weighted by atomic mass is 32.1. The maximum absolute atomic E-state index is 12.4. The van der Waals surface area contributed by atoms with E-state index in [1.54, 1.807) is 11.3 Å². The lowest BCUT2D eigenvalue weighted by Crippen LogP contribution is -2.30. The molecule has 18 heavy (non-hydrogen) atoms. The predicted octanol–water partition coefficient (Wildman–Crippen LogP) is 4.03. The van der Waals surface area contributed by atoms with Gasteiger partial charge in [0.25, 0.3) is 5.91 Å². The van der Waals surface area contributed by atoms with E-state index < -0.39 is 0 Å². The van der Waals surface area contributed by atoms with E-state index in [9.17, 15) is 4.79 Å². The topological polar surface area (TPSA) is 20.3 Å². The molecule has 1 aromatic heterocycles. The summed E-state index contributed by atoms with van der Waals surface area (Å²) in [4.78, 5) is 14.2. The van der Waals surface area contributed by atoms with Crippen LogP contribution in [-0.4, -0.2) is 12.5 Å². The number of carbonyl (C=O) groups is 1. The van der Waals surface area contributed by atoms with Gasteiger partial charge in [0.15, 0.2) is 0 Å². The maximum atomic E-state index is 12.4. The van der Waals surface area contributed by atoms with Gasteiger partial charge in [-0.05, 0) is 55.5 Å². The number of rotatable bonds is 3. The molecule has 0 saturated heterocycles. The minimum absolute atomic E-state index is 0.0729. The van der Waals surface area contributed by atoms with Crippen LogP contribution in [0.15, 0.2) is 35.0 Å². The first-order valence-electron chi connectivity index (χ1n) is 6.04. The molecule has 0 spiro atoms. The molecule has 0 aliphatic heterocycles. The molecule has 1 amide bonds. The quantitative estimate of drug-likeness (QED) is 0.815. The van der Waals surface area contributed by atoms with Crippen molar-refractivity contribution in [2.24, 2.45) is 0 Å². The molecular formula is C15H17NOS. The van der Waals surface area contributed by atoms with Crippen molar-refractivity contribution in [1.82, 2.24) is 0 Å². The van der Waals surface area contributed by atoms with E-state index in [0.717, 1.165) is 11.3 Å². The molecule has 1 heterocycles. The second kappa shape index (κ2) is 5.36. The van der Waals surface area contributed by atoms with Crippen LogP contribution in [0.4, 0.5) is 5.69 Å². The van der Waals surface area contributed by atoms with Gasteiger partial charge < -0.3 is 4.90 Å². The fourth-order valence-corrected chi connectivity index (χ4v) is 2.72. The van der Waals surface area contributed by atoms with Crippen molar-refractivity contribution < 1.29 is 4.79 Å². The van der Waals surface area contributed by atoms with Crippen molar-refractivity contribution >= 4 is 22.9 Å². The van der Waals surface area contributed by atoms with E-state index in [0.29, 0.717) is 6.54 Å². The van der Waals surface area contributed by atoms with Crippen molar-refractivity contribution in [3.8, 4) is 0 Å². The fourth-order valence-electron chi connectivity index (χ4n) is 2.09. The molecule has 0 fully saturated rings. The summed E-state index contributed by atoms with van der Waals surface area (Å²) < 4.78 is 0. The molecule has 0 aliphatic rings. The van der Waals surface area contributed by atoms with E-state index in [1.807, 2.05) is 28.7 Å². The Hall–Kier alpha value is -1.61. The van der Waals surface area contributed by atoms with Gasteiger partial charge in [-0.15, -0.1) is 0 Å². The van der Waals surface area contributed by atoms with Crippen molar-refractivity contribution in [1.29, 1.82) is 0 Å². The Balaban J connectivity index is 2.36. The van der Waals surface area contributed by atoms with Crippen LogP contribution in [0.3, 0.4) is 0 Å². The van der Waals surface area contributed by atoms with Crippen LogP contribution in [0.25, 0.3) is 0 Å². The number of carbonyl (C=O) groups excluding carboxylic acids is 1. The van der Waals surface area contributed by atoms with Gasteiger partial charge in [-0.25, -0.2) is 0 Å². The first-order chi connectivity index (χ1) is 8.61. The summed E-state index contributed by atoms with van der Waals surface area (Å²) in [5.41, 5.74) is 4.11. The molecule has 1 aromatic carbocycles. The summed E-state index contributed by atoms with van der Waals surface area (Å²) in [6, 6.07) is 8.10. The molecule has 0 unspecified atom stereocenters. The van der Waals surface area contributed by atoms with Crippen molar-refractivity contribution in [3.05, 3.63) is 51.7 Å². The second-order valence-electron chi connectivity index (χ2n) is 4.41. The zero-order valence-electron chi connectivity index (χ0n) is 10.9. The molecule has 0 saturated carbocycles. The number of thiophene rings is 1. The average Bonchev–Trinajstić information content (AvgIpc) is 2.81. The smallest absolute Gasteiger partial charge is 0.259 e. The number of amides is 1. The Kier molecular flexibility index (Phi) is 3.82. The van der Waals surface area contributed by atoms with Gasteiger partial charge in [0.05, 0.1) is 5.56 Å². The van der Waals surface area contributed by atoms with Crippen LogP contribution in [0.1, 0.15) is 28.4 Å². The summed E-state index contributed by atoms with van der Waals surface area (Å²) >= 11 is 1.55. The zero-order valence-corrected chi connectivity index (χ0v) is 11.8. The fraction of sp³-hybridized carbons (Fsp3) is 0.267. The number of hydrogen-bond donors (Lipinski definition) is 0. The molecule has 0 bridgehead atoms. The summed E-state index contributed by atoms with van der Waals surface area (Å²) in [6.45, 7) is 6.79. The third kappa shape index (κ3) is 2.62. The zero-order chi connectivity index (χ0) is 13.1. The van der Waals surface area contributed by atoms with Gasteiger partial charge in [-0.2, -0.15) is 11.3 Å². The molecule has 0 aliphatic carbocycles. The minimum atomic E-state index is 0.0729. The minimum Gasteiger partial charge on any atom is -0.309 e. The molecular weight excluding hydrogens is 242 g/mol. The van der Waals surface area contributed by atoms with E-state index in [-0.39, 0.29) is 5.91 Å². The molecule has 2 nitrogen and oxygen atoms in total. The van der Waals surface area contributed by atoms with E-state index >= 15 is 0 Å². The van der Waals surface area contributed by atoms with Crippen LogP contribution in [0.2, 0.25) is 0 Å². The maximum Gasteiger partial charge on any atom is 0.259 e. The van der Waals surface area contributed by atoms with Crippen LogP contribution >= 0.6 is 11.3 Å². The van der Waals surface area contributed by atoms with E-state index in [1.165, 1.54) is 11.1 Å². The van der Waals surface area contributed by atoms with Crippen molar-refractivity contribution in [2.75, 3.05) is 11.4 Å². The van der Waals surface area contributed by atoms with Crippen LogP contribution < -0.4 is 4.90 Å². The number of benzene rings is 1. The number of nitrogens with zero attached hydrogens (tertiary/aromatic N) is 1. The van der Waals surface area contributed by atoms with Gasteiger partial charge in [0, 0.05) is 17.6 Å². The standard InChI is InChI=1S/C15H17NOS/c1-4-16(15(17)13-5-6-18-10-13)14-8-11(2)7-12(3)9-14/h5-10H,4H2,1-3H3. The van der Waals surface area contributed by atoms with Gasteiger partial charge in [-0.1, -0.05) is 6.07 Å². The lowest BCUT2D eigenvalue weighted by molar-refractivity contribution is 0.0989. The Morgan fingerprint density at radius 1 is 1.22 bits per heavy atom. The third-order valence-corrected chi connectivity index (χ3v) is 3.53. The molecule has 2 rings (SSSR count). The summed E-state index contributed by atoms with van der Waals surface area (Å²) in [5, 5.41) is 3.83. The number of anilines is 1. The SMILES string of the molecule is CCN(C(=O)c1ccsc1)c1cc(C)cc(C)c1. The number of hydrogen-bond acceptors (Lipinski definition) is 2. The largest absolute Gasteiger partial charge is 0.309 e. The molecule has 3 heteroatoms. The lowest BCUT2D eigenvalue weighted by atomic mass is 10.1. The highest BCUT2D eigenvalue weighted by Gasteiger charge is 2.16. The van der Waals surface area contributed by atoms with Crippen LogP contribution in [0.5, 0.6) is 0 Å².